The Kier molecular flexibility index (Phi) is 6.70. The first-order chi connectivity index (χ1) is 11.5. The second-order valence-electron chi connectivity index (χ2n) is 8.21. The lowest BCUT2D eigenvalue weighted by Crippen LogP contribution is -2.68. The molecule has 0 aromatic carbocycles. The molecule has 1 rings (SSSR count). The highest BCUT2D eigenvalue weighted by atomic mass is 32.2. The van der Waals surface area contributed by atoms with Crippen LogP contribution in [0.4, 0.5) is 4.79 Å². The molecule has 0 spiro atoms. The van der Waals surface area contributed by atoms with E-state index in [9.17, 15) is 18.0 Å². The molecule has 2 atom stereocenters. The largest absolute Gasteiger partial charge is 0.458 e. The number of amides is 1. The Morgan fingerprint density at radius 2 is 1.62 bits per heavy atom. The zero-order valence-corrected chi connectivity index (χ0v) is 17.2. The maximum Gasteiger partial charge on any atom is 0.408 e. The van der Waals surface area contributed by atoms with Crippen LogP contribution in [-0.2, 0) is 33.3 Å². The molecule has 26 heavy (non-hydrogen) atoms. The Balaban J connectivity index is 3.25. The van der Waals surface area contributed by atoms with Gasteiger partial charge in [-0.25, -0.2) is 9.59 Å². The first-order valence-corrected chi connectivity index (χ1v) is 10.1. The number of hydrogen-bond acceptors (Lipinski definition) is 8. The molecule has 152 valence electrons. The lowest BCUT2D eigenvalue weighted by atomic mass is 9.87. The van der Waals surface area contributed by atoms with Crippen molar-refractivity contribution in [3.63, 3.8) is 0 Å². The maximum atomic E-state index is 12.9. The van der Waals surface area contributed by atoms with Gasteiger partial charge in [-0.05, 0) is 41.5 Å². The summed E-state index contributed by atoms with van der Waals surface area (Å²) in [5.41, 5.74) is -3.41. The molecule has 1 amide bonds. The summed E-state index contributed by atoms with van der Waals surface area (Å²) < 4.78 is 44.2. The van der Waals surface area contributed by atoms with Gasteiger partial charge >= 0.3 is 12.1 Å². The van der Waals surface area contributed by atoms with E-state index in [2.05, 4.69) is 5.32 Å². The summed E-state index contributed by atoms with van der Waals surface area (Å²) in [5, 5.41) is 2.48. The van der Waals surface area contributed by atoms with Crippen LogP contribution in [-0.4, -0.2) is 62.8 Å². The van der Waals surface area contributed by atoms with Crippen molar-refractivity contribution >= 4 is 22.2 Å². The number of ether oxygens (including phenoxy) is 3. The number of nitrogens with one attached hydrogen (secondary N) is 1. The third kappa shape index (κ3) is 7.08. The second kappa shape index (κ2) is 7.69. The average molecular weight is 395 g/mol. The maximum absolute atomic E-state index is 12.9. The first-order valence-electron chi connectivity index (χ1n) is 8.25. The molecule has 1 saturated heterocycles. The van der Waals surface area contributed by atoms with Gasteiger partial charge in [0.1, 0.15) is 17.3 Å². The van der Waals surface area contributed by atoms with E-state index in [1.165, 1.54) is 0 Å². The fraction of sp³-hybridized carbons (Fsp3) is 0.875. The molecule has 2 unspecified atom stereocenters. The standard InChI is InChI=1S/C16H29NO8S/c1-14(2,3)23-12(18)16(17-13(19)24-15(4,5)6)8-9-22-10-11(16)25-26(7,20)21/h11H,8-10H2,1-7H3,(H,17,19). The monoisotopic (exact) mass is 395 g/mol. The fourth-order valence-electron chi connectivity index (χ4n) is 2.33. The van der Waals surface area contributed by atoms with Crippen LogP contribution in [0.5, 0.6) is 0 Å². The number of hydrogen-bond donors (Lipinski definition) is 1. The van der Waals surface area contributed by atoms with Gasteiger partial charge in [0.2, 0.25) is 0 Å². The number of carbonyl (C=O) groups is 2. The van der Waals surface area contributed by atoms with Gasteiger partial charge in [-0.3, -0.25) is 4.18 Å². The molecule has 1 aliphatic rings. The van der Waals surface area contributed by atoms with Crippen LogP contribution >= 0.6 is 0 Å². The van der Waals surface area contributed by atoms with Crippen LogP contribution < -0.4 is 5.32 Å². The highest BCUT2D eigenvalue weighted by Gasteiger charge is 2.54. The Morgan fingerprint density at radius 3 is 2.08 bits per heavy atom. The summed E-state index contributed by atoms with van der Waals surface area (Å²) in [7, 11) is -3.92. The molecule has 0 aromatic rings. The minimum atomic E-state index is -3.92. The van der Waals surface area contributed by atoms with Crippen LogP contribution in [0.15, 0.2) is 0 Å². The summed E-state index contributed by atoms with van der Waals surface area (Å²) in [6.07, 6.45) is -1.34. The van der Waals surface area contributed by atoms with E-state index in [0.29, 0.717) is 0 Å². The van der Waals surface area contributed by atoms with Crippen LogP contribution in [0.25, 0.3) is 0 Å². The van der Waals surface area contributed by atoms with Crippen molar-refractivity contribution in [2.24, 2.45) is 0 Å². The van der Waals surface area contributed by atoms with Gasteiger partial charge in [-0.2, -0.15) is 8.42 Å². The normalized spacial score (nSPS) is 24.7. The SMILES string of the molecule is CC(C)(C)OC(=O)NC1(C(=O)OC(C)(C)C)CCOCC1OS(C)(=O)=O. The van der Waals surface area contributed by atoms with Crippen molar-refractivity contribution in [2.45, 2.75) is 70.8 Å². The number of esters is 1. The second-order valence-corrected chi connectivity index (χ2v) is 9.81. The molecule has 0 saturated carbocycles. The smallest absolute Gasteiger partial charge is 0.408 e. The summed E-state index contributed by atoms with van der Waals surface area (Å²) >= 11 is 0. The van der Waals surface area contributed by atoms with Gasteiger partial charge in [0, 0.05) is 13.0 Å². The van der Waals surface area contributed by atoms with Crippen molar-refractivity contribution in [1.82, 2.24) is 5.32 Å². The van der Waals surface area contributed by atoms with E-state index < -0.39 is 45.0 Å². The minimum absolute atomic E-state index is 0.0264. The van der Waals surface area contributed by atoms with Gasteiger partial charge in [0.05, 0.1) is 12.9 Å². The molecule has 1 heterocycles. The average Bonchev–Trinajstić information content (AvgIpc) is 2.35. The van der Waals surface area contributed by atoms with Gasteiger partial charge in [0.15, 0.2) is 5.54 Å². The lowest BCUT2D eigenvalue weighted by Gasteiger charge is -2.42. The molecular weight excluding hydrogens is 366 g/mol. The van der Waals surface area contributed by atoms with Crippen molar-refractivity contribution in [3.05, 3.63) is 0 Å². The van der Waals surface area contributed by atoms with Crippen LogP contribution in [0.1, 0.15) is 48.0 Å². The van der Waals surface area contributed by atoms with Gasteiger partial charge in [0.25, 0.3) is 10.1 Å². The van der Waals surface area contributed by atoms with Crippen molar-refractivity contribution in [2.75, 3.05) is 19.5 Å². The highest BCUT2D eigenvalue weighted by molar-refractivity contribution is 7.86. The highest BCUT2D eigenvalue weighted by Crippen LogP contribution is 2.29. The third-order valence-electron chi connectivity index (χ3n) is 3.24. The molecule has 0 bridgehead atoms. The Bertz CT molecular complexity index is 632. The van der Waals surface area contributed by atoms with Crippen molar-refractivity contribution in [3.8, 4) is 0 Å². The van der Waals surface area contributed by atoms with Gasteiger partial charge in [-0.15, -0.1) is 0 Å². The molecule has 0 aliphatic carbocycles. The molecule has 0 radical (unpaired) electrons. The topological polar surface area (TPSA) is 117 Å². The van der Waals surface area contributed by atoms with E-state index in [4.69, 9.17) is 18.4 Å². The van der Waals surface area contributed by atoms with E-state index >= 15 is 0 Å². The number of alkyl carbamates (subject to hydrolysis) is 1. The zero-order valence-electron chi connectivity index (χ0n) is 16.4. The predicted octanol–water partition coefficient (Wildman–Crippen LogP) is 1.36. The molecule has 10 heteroatoms. The van der Waals surface area contributed by atoms with Crippen LogP contribution in [0.3, 0.4) is 0 Å². The minimum Gasteiger partial charge on any atom is -0.458 e. The lowest BCUT2D eigenvalue weighted by molar-refractivity contribution is -0.175. The summed E-state index contributed by atoms with van der Waals surface area (Å²) in [4.78, 5) is 25.2. The number of carbonyl (C=O) groups excluding carboxylic acids is 2. The Labute approximate surface area is 154 Å². The van der Waals surface area contributed by atoms with Gasteiger partial charge in [-0.1, -0.05) is 0 Å². The molecular formula is C16H29NO8S. The van der Waals surface area contributed by atoms with Crippen molar-refractivity contribution in [1.29, 1.82) is 0 Å². The number of rotatable bonds is 4. The van der Waals surface area contributed by atoms with E-state index in [-0.39, 0.29) is 19.6 Å². The molecule has 1 aliphatic heterocycles. The van der Waals surface area contributed by atoms with Crippen molar-refractivity contribution < 1.29 is 36.4 Å². The van der Waals surface area contributed by atoms with E-state index in [1.54, 1.807) is 41.5 Å². The quantitative estimate of drug-likeness (QED) is 0.560. The Morgan fingerprint density at radius 1 is 1.08 bits per heavy atom. The van der Waals surface area contributed by atoms with E-state index in [0.717, 1.165) is 6.26 Å². The molecule has 0 aromatic heterocycles. The predicted molar refractivity (Wildman–Crippen MR) is 93.1 cm³/mol. The van der Waals surface area contributed by atoms with Crippen LogP contribution in [0, 0.1) is 0 Å². The third-order valence-corrected chi connectivity index (χ3v) is 3.82. The summed E-state index contributed by atoms with van der Waals surface area (Å²) in [6.45, 7) is 9.90. The van der Waals surface area contributed by atoms with E-state index in [1.807, 2.05) is 0 Å². The van der Waals surface area contributed by atoms with Gasteiger partial charge < -0.3 is 19.5 Å². The summed E-state index contributed by atoms with van der Waals surface area (Å²) in [5.74, 6) is -0.812. The van der Waals surface area contributed by atoms with Crippen LogP contribution in [0.2, 0.25) is 0 Å². The first kappa shape index (κ1) is 22.7. The zero-order chi connectivity index (χ0) is 20.4. The molecule has 1 fully saturated rings. The Hall–Kier alpha value is -1.39. The molecule has 1 N–H and O–H groups in total. The fourth-order valence-corrected chi connectivity index (χ4v) is 2.97. The molecule has 9 nitrogen and oxygen atoms in total. The summed E-state index contributed by atoms with van der Waals surface area (Å²) in [6, 6.07) is 0.